The number of aliphatic hydroxyl groups is 1. The van der Waals surface area contributed by atoms with Crippen LogP contribution in [0.15, 0.2) is 27.4 Å². The Labute approximate surface area is 130 Å². The van der Waals surface area contributed by atoms with Crippen LogP contribution in [-0.4, -0.2) is 29.2 Å². The van der Waals surface area contributed by atoms with Gasteiger partial charge < -0.3 is 9.52 Å². The summed E-state index contributed by atoms with van der Waals surface area (Å²) in [7, 11) is 1.95. The number of aryl methyl sites for hydroxylation is 2. The third-order valence-corrected chi connectivity index (χ3v) is 4.14. The molecule has 4 heteroatoms. The Morgan fingerprint density at radius 3 is 2.59 bits per heavy atom. The van der Waals surface area contributed by atoms with Gasteiger partial charge in [0.1, 0.15) is 5.58 Å². The summed E-state index contributed by atoms with van der Waals surface area (Å²) in [4.78, 5) is 13.9. The maximum Gasteiger partial charge on any atom is 0.336 e. The molecule has 0 unspecified atom stereocenters. The molecule has 3 rings (SSSR count). The Hall–Kier alpha value is -1.65. The topological polar surface area (TPSA) is 53.7 Å². The summed E-state index contributed by atoms with van der Waals surface area (Å²) in [5.74, 6) is 0. The summed E-state index contributed by atoms with van der Waals surface area (Å²) in [6.45, 7) is 4.73. The number of nitrogens with zero attached hydrogens (tertiary/aromatic N) is 1. The zero-order chi connectivity index (χ0) is 15.9. The van der Waals surface area contributed by atoms with Crippen molar-refractivity contribution in [2.24, 2.45) is 0 Å². The monoisotopic (exact) mass is 301 g/mol. The molecule has 1 aromatic carbocycles. The Balaban J connectivity index is 2.00. The minimum absolute atomic E-state index is 0.308. The van der Waals surface area contributed by atoms with Crippen LogP contribution in [0.3, 0.4) is 0 Å². The molecule has 118 valence electrons. The van der Waals surface area contributed by atoms with Gasteiger partial charge in [0, 0.05) is 24.5 Å². The predicted octanol–water partition coefficient (Wildman–Crippen LogP) is 2.48. The normalized spacial score (nSPS) is 14.8. The van der Waals surface area contributed by atoms with E-state index in [1.807, 2.05) is 18.0 Å². The van der Waals surface area contributed by atoms with Crippen molar-refractivity contribution in [2.75, 3.05) is 13.6 Å². The van der Waals surface area contributed by atoms with Crippen LogP contribution in [0, 0.1) is 0 Å². The van der Waals surface area contributed by atoms with Gasteiger partial charge in [-0.2, -0.15) is 0 Å². The molecule has 0 saturated carbocycles. The van der Waals surface area contributed by atoms with Crippen LogP contribution < -0.4 is 5.63 Å². The number of hydrogen-bond acceptors (Lipinski definition) is 4. The molecule has 1 aromatic heterocycles. The number of benzene rings is 1. The fraction of sp³-hybridized carbons (Fsp3) is 0.500. The van der Waals surface area contributed by atoms with Gasteiger partial charge in [-0.3, -0.25) is 4.90 Å². The van der Waals surface area contributed by atoms with E-state index in [0.29, 0.717) is 18.7 Å². The van der Waals surface area contributed by atoms with Crippen LogP contribution in [-0.2, 0) is 19.4 Å². The molecule has 1 heterocycles. The third kappa shape index (κ3) is 3.23. The molecule has 0 aliphatic heterocycles. The summed E-state index contributed by atoms with van der Waals surface area (Å²) in [6.07, 6.45) is 3.34. The first kappa shape index (κ1) is 15.3. The maximum atomic E-state index is 11.8. The molecule has 0 amide bonds. The van der Waals surface area contributed by atoms with Gasteiger partial charge in [0.2, 0.25) is 0 Å². The lowest BCUT2D eigenvalue weighted by Crippen LogP contribution is -2.36. The number of fused-ring (bicyclic) bond motifs is 2. The van der Waals surface area contributed by atoms with E-state index in [2.05, 4.69) is 6.07 Å². The summed E-state index contributed by atoms with van der Waals surface area (Å²) in [5.41, 5.74) is 3.25. The first-order valence-corrected chi connectivity index (χ1v) is 7.81. The third-order valence-electron chi connectivity index (χ3n) is 4.14. The smallest absolute Gasteiger partial charge is 0.336 e. The van der Waals surface area contributed by atoms with E-state index in [1.54, 1.807) is 19.9 Å². The second-order valence-corrected chi connectivity index (χ2v) is 7.05. The summed E-state index contributed by atoms with van der Waals surface area (Å²) in [5, 5.41) is 11.0. The van der Waals surface area contributed by atoms with Crippen LogP contribution in [0.2, 0.25) is 0 Å². The van der Waals surface area contributed by atoms with Gasteiger partial charge in [-0.25, -0.2) is 4.79 Å². The van der Waals surface area contributed by atoms with Crippen LogP contribution in [0.1, 0.15) is 37.0 Å². The van der Waals surface area contributed by atoms with E-state index in [1.165, 1.54) is 17.5 Å². The second-order valence-electron chi connectivity index (χ2n) is 7.05. The Kier molecular flexibility index (Phi) is 3.83. The molecule has 0 atom stereocenters. The molecule has 22 heavy (non-hydrogen) atoms. The van der Waals surface area contributed by atoms with Crippen molar-refractivity contribution in [1.29, 1.82) is 0 Å². The second kappa shape index (κ2) is 5.52. The quantitative estimate of drug-likeness (QED) is 0.882. The molecule has 1 aliphatic rings. The zero-order valence-corrected chi connectivity index (χ0v) is 13.5. The zero-order valence-electron chi connectivity index (χ0n) is 13.5. The Morgan fingerprint density at radius 1 is 1.23 bits per heavy atom. The molecule has 0 fully saturated rings. The van der Waals surface area contributed by atoms with Crippen LogP contribution in [0.4, 0.5) is 0 Å². The predicted molar refractivity (Wildman–Crippen MR) is 87.1 cm³/mol. The van der Waals surface area contributed by atoms with Crippen molar-refractivity contribution in [2.45, 2.75) is 45.3 Å². The fourth-order valence-corrected chi connectivity index (χ4v) is 3.43. The highest BCUT2D eigenvalue weighted by molar-refractivity contribution is 5.82. The molecule has 0 saturated heterocycles. The molecule has 0 radical (unpaired) electrons. The van der Waals surface area contributed by atoms with Crippen LogP contribution >= 0.6 is 0 Å². The lowest BCUT2D eigenvalue weighted by molar-refractivity contribution is 0.0425. The van der Waals surface area contributed by atoms with E-state index >= 15 is 0 Å². The first-order valence-electron chi connectivity index (χ1n) is 7.81. The lowest BCUT2D eigenvalue weighted by atomic mass is 10.0. The van der Waals surface area contributed by atoms with Gasteiger partial charge in [-0.15, -0.1) is 0 Å². The van der Waals surface area contributed by atoms with E-state index in [9.17, 15) is 9.90 Å². The lowest BCUT2D eigenvalue weighted by Gasteiger charge is -2.25. The Bertz CT molecular complexity index is 755. The minimum atomic E-state index is -0.759. The van der Waals surface area contributed by atoms with Crippen molar-refractivity contribution < 1.29 is 9.52 Å². The number of hydrogen-bond donors (Lipinski definition) is 1. The van der Waals surface area contributed by atoms with Crippen molar-refractivity contribution in [1.82, 2.24) is 4.90 Å². The molecule has 0 bridgehead atoms. The van der Waals surface area contributed by atoms with Gasteiger partial charge in [-0.05, 0) is 69.0 Å². The van der Waals surface area contributed by atoms with Gasteiger partial charge >= 0.3 is 5.63 Å². The van der Waals surface area contributed by atoms with Gasteiger partial charge in [0.15, 0.2) is 0 Å². The minimum Gasteiger partial charge on any atom is -0.423 e. The first-order chi connectivity index (χ1) is 10.3. The van der Waals surface area contributed by atoms with Gasteiger partial charge in [0.05, 0.1) is 5.60 Å². The molecule has 1 aliphatic carbocycles. The van der Waals surface area contributed by atoms with Crippen LogP contribution in [0.25, 0.3) is 11.0 Å². The summed E-state index contributed by atoms with van der Waals surface area (Å²) >= 11 is 0. The van der Waals surface area contributed by atoms with Gasteiger partial charge in [-0.1, -0.05) is 0 Å². The van der Waals surface area contributed by atoms with Crippen molar-refractivity contribution in [3.8, 4) is 0 Å². The maximum absolute atomic E-state index is 11.8. The average Bonchev–Trinajstić information content (AvgIpc) is 2.81. The number of rotatable bonds is 4. The average molecular weight is 301 g/mol. The van der Waals surface area contributed by atoms with E-state index in [0.717, 1.165) is 23.8 Å². The molecule has 4 nitrogen and oxygen atoms in total. The number of likely N-dealkylation sites (N-methyl/N-ethyl adjacent to an activating group) is 1. The van der Waals surface area contributed by atoms with Crippen molar-refractivity contribution in [3.05, 3.63) is 45.3 Å². The highest BCUT2D eigenvalue weighted by atomic mass is 16.4. The van der Waals surface area contributed by atoms with Gasteiger partial charge in [0.25, 0.3) is 0 Å². The molecule has 2 aromatic rings. The van der Waals surface area contributed by atoms with E-state index in [-0.39, 0.29) is 5.63 Å². The van der Waals surface area contributed by atoms with Crippen molar-refractivity contribution >= 4 is 11.0 Å². The molecular weight excluding hydrogens is 278 g/mol. The van der Waals surface area contributed by atoms with Crippen LogP contribution in [0.5, 0.6) is 0 Å². The standard InChI is InChI=1S/C18H23NO3/c1-18(2,21)11-19(3)10-14-9-17(20)22-16-8-13-6-4-5-12(13)7-15(14)16/h7-9,21H,4-6,10-11H2,1-3H3. The van der Waals surface area contributed by atoms with Crippen molar-refractivity contribution in [3.63, 3.8) is 0 Å². The van der Waals surface area contributed by atoms with E-state index in [4.69, 9.17) is 4.42 Å². The molecule has 0 spiro atoms. The highest BCUT2D eigenvalue weighted by Gasteiger charge is 2.18. The Morgan fingerprint density at radius 2 is 1.91 bits per heavy atom. The molecule has 1 N–H and O–H groups in total. The summed E-state index contributed by atoms with van der Waals surface area (Å²) < 4.78 is 5.39. The highest BCUT2D eigenvalue weighted by Crippen LogP contribution is 2.29. The fourth-order valence-electron chi connectivity index (χ4n) is 3.43. The summed E-state index contributed by atoms with van der Waals surface area (Å²) in [6, 6.07) is 5.77. The van der Waals surface area contributed by atoms with E-state index < -0.39 is 5.60 Å². The largest absolute Gasteiger partial charge is 0.423 e. The molecular formula is C18H23NO3. The SMILES string of the molecule is CN(Cc1cc(=O)oc2cc3c(cc12)CCC3)CC(C)(C)O.